The highest BCUT2D eigenvalue weighted by Gasteiger charge is 2.55. The molecule has 0 amide bonds. The standard InChI is InChI=1S/C17H31NO3/c1-3-21-15-11-14(17(15)7-5-4-6-8-17)18-12-16(19-2)9-10-20-13-16/h14-15,18H,3-13H2,1-2H3. The molecule has 0 aromatic carbocycles. The van der Waals surface area contributed by atoms with Crippen LogP contribution in [0.5, 0.6) is 0 Å². The first-order valence-corrected chi connectivity index (χ1v) is 8.73. The highest BCUT2D eigenvalue weighted by molar-refractivity contribution is 5.09. The minimum Gasteiger partial charge on any atom is -0.378 e. The third kappa shape index (κ3) is 2.88. The van der Waals surface area contributed by atoms with Crippen LogP contribution in [0.15, 0.2) is 0 Å². The van der Waals surface area contributed by atoms with Gasteiger partial charge in [0, 0.05) is 44.7 Å². The van der Waals surface area contributed by atoms with Gasteiger partial charge in [-0.15, -0.1) is 0 Å². The lowest BCUT2D eigenvalue weighted by molar-refractivity contribution is -0.153. The van der Waals surface area contributed by atoms with Crippen LogP contribution in [0.2, 0.25) is 0 Å². The van der Waals surface area contributed by atoms with Gasteiger partial charge in [0.2, 0.25) is 0 Å². The Kier molecular flexibility index (Phi) is 4.89. The summed E-state index contributed by atoms with van der Waals surface area (Å²) in [6.07, 6.45) is 9.40. The highest BCUT2D eigenvalue weighted by Crippen LogP contribution is 2.53. The summed E-state index contributed by atoms with van der Waals surface area (Å²) in [5, 5.41) is 3.82. The number of methoxy groups -OCH3 is 1. The van der Waals surface area contributed by atoms with Crippen molar-refractivity contribution in [1.29, 1.82) is 0 Å². The predicted octanol–water partition coefficient (Wildman–Crippen LogP) is 2.51. The van der Waals surface area contributed by atoms with Gasteiger partial charge in [0.1, 0.15) is 5.60 Å². The molecule has 0 aromatic heterocycles. The van der Waals surface area contributed by atoms with E-state index in [1.807, 2.05) is 7.11 Å². The molecule has 3 aliphatic rings. The van der Waals surface area contributed by atoms with Crippen LogP contribution in [-0.4, -0.2) is 51.2 Å². The molecule has 1 saturated heterocycles. The minimum absolute atomic E-state index is 0.105. The molecule has 1 aliphatic heterocycles. The van der Waals surface area contributed by atoms with Crippen LogP contribution in [0.25, 0.3) is 0 Å². The lowest BCUT2D eigenvalue weighted by Crippen LogP contribution is -2.66. The van der Waals surface area contributed by atoms with Crippen LogP contribution in [-0.2, 0) is 14.2 Å². The maximum atomic E-state index is 6.03. The summed E-state index contributed by atoms with van der Waals surface area (Å²) in [7, 11) is 1.82. The van der Waals surface area contributed by atoms with E-state index in [4.69, 9.17) is 14.2 Å². The van der Waals surface area contributed by atoms with E-state index in [1.165, 1.54) is 32.1 Å². The maximum absolute atomic E-state index is 6.03. The molecule has 122 valence electrons. The fourth-order valence-corrected chi connectivity index (χ4v) is 4.62. The smallest absolute Gasteiger partial charge is 0.106 e. The van der Waals surface area contributed by atoms with Crippen molar-refractivity contribution in [1.82, 2.24) is 5.32 Å². The molecule has 1 heterocycles. The van der Waals surface area contributed by atoms with Crippen LogP contribution < -0.4 is 5.32 Å². The fraction of sp³-hybridized carbons (Fsp3) is 1.00. The molecule has 3 fully saturated rings. The van der Waals surface area contributed by atoms with Crippen LogP contribution in [0, 0.1) is 5.41 Å². The van der Waals surface area contributed by atoms with E-state index < -0.39 is 0 Å². The molecular weight excluding hydrogens is 266 g/mol. The third-order valence-electron chi connectivity index (χ3n) is 6.11. The van der Waals surface area contributed by atoms with E-state index in [0.29, 0.717) is 17.6 Å². The van der Waals surface area contributed by atoms with Gasteiger partial charge in [0.25, 0.3) is 0 Å². The Hall–Kier alpha value is -0.160. The SMILES string of the molecule is CCOC1CC(NCC2(OC)CCOC2)C12CCCCC2. The van der Waals surface area contributed by atoms with Crippen LogP contribution in [0.4, 0.5) is 0 Å². The average molecular weight is 297 g/mol. The van der Waals surface area contributed by atoms with Crippen molar-refractivity contribution in [2.24, 2.45) is 5.41 Å². The summed E-state index contributed by atoms with van der Waals surface area (Å²) in [5.41, 5.74) is 0.287. The van der Waals surface area contributed by atoms with E-state index in [9.17, 15) is 0 Å². The zero-order valence-electron chi connectivity index (χ0n) is 13.7. The van der Waals surface area contributed by atoms with Gasteiger partial charge >= 0.3 is 0 Å². The summed E-state index contributed by atoms with van der Waals surface area (Å²) in [5.74, 6) is 0. The minimum atomic E-state index is -0.105. The average Bonchev–Trinajstić information content (AvgIpc) is 3.00. The van der Waals surface area contributed by atoms with Gasteiger partial charge in [-0.25, -0.2) is 0 Å². The van der Waals surface area contributed by atoms with E-state index in [-0.39, 0.29) is 5.60 Å². The second-order valence-corrected chi connectivity index (χ2v) is 7.10. The normalized spacial score (nSPS) is 38.6. The molecule has 1 N–H and O–H groups in total. The molecule has 2 saturated carbocycles. The first-order chi connectivity index (χ1) is 10.2. The van der Waals surface area contributed by atoms with Crippen LogP contribution >= 0.6 is 0 Å². The molecule has 4 nitrogen and oxygen atoms in total. The van der Waals surface area contributed by atoms with Crippen molar-refractivity contribution in [2.45, 2.75) is 69.6 Å². The van der Waals surface area contributed by atoms with Gasteiger partial charge in [-0.1, -0.05) is 19.3 Å². The first-order valence-electron chi connectivity index (χ1n) is 8.73. The second kappa shape index (κ2) is 6.53. The van der Waals surface area contributed by atoms with E-state index >= 15 is 0 Å². The monoisotopic (exact) mass is 297 g/mol. The molecule has 3 rings (SSSR count). The van der Waals surface area contributed by atoms with Crippen molar-refractivity contribution in [3.8, 4) is 0 Å². The Balaban J connectivity index is 1.59. The molecule has 0 radical (unpaired) electrons. The largest absolute Gasteiger partial charge is 0.378 e. The maximum Gasteiger partial charge on any atom is 0.106 e. The van der Waals surface area contributed by atoms with Gasteiger partial charge in [-0.05, 0) is 26.2 Å². The molecule has 1 spiro atoms. The zero-order chi connectivity index (χ0) is 14.8. The quantitative estimate of drug-likeness (QED) is 0.818. The number of ether oxygens (including phenoxy) is 3. The second-order valence-electron chi connectivity index (χ2n) is 7.10. The molecule has 2 aliphatic carbocycles. The van der Waals surface area contributed by atoms with Gasteiger partial charge in [-0.2, -0.15) is 0 Å². The Morgan fingerprint density at radius 2 is 2.00 bits per heavy atom. The topological polar surface area (TPSA) is 39.7 Å². The predicted molar refractivity (Wildman–Crippen MR) is 82.5 cm³/mol. The molecule has 0 aromatic rings. The molecule has 3 atom stereocenters. The van der Waals surface area contributed by atoms with Crippen molar-refractivity contribution in [2.75, 3.05) is 33.5 Å². The lowest BCUT2D eigenvalue weighted by Gasteiger charge is -2.58. The van der Waals surface area contributed by atoms with Gasteiger partial charge < -0.3 is 19.5 Å². The summed E-state index contributed by atoms with van der Waals surface area (Å²) < 4.78 is 17.3. The van der Waals surface area contributed by atoms with E-state index in [2.05, 4.69) is 12.2 Å². The molecule has 0 bridgehead atoms. The number of hydrogen-bond acceptors (Lipinski definition) is 4. The third-order valence-corrected chi connectivity index (χ3v) is 6.11. The summed E-state index contributed by atoms with van der Waals surface area (Å²) in [6, 6.07) is 0.599. The summed E-state index contributed by atoms with van der Waals surface area (Å²) >= 11 is 0. The summed E-state index contributed by atoms with van der Waals surface area (Å²) in [4.78, 5) is 0. The van der Waals surface area contributed by atoms with E-state index in [1.54, 1.807) is 0 Å². The molecule has 4 heteroatoms. The van der Waals surface area contributed by atoms with Crippen molar-refractivity contribution in [3.63, 3.8) is 0 Å². The number of nitrogens with one attached hydrogen (secondary N) is 1. The number of rotatable bonds is 6. The lowest BCUT2D eigenvalue weighted by atomic mass is 9.55. The fourth-order valence-electron chi connectivity index (χ4n) is 4.62. The summed E-state index contributed by atoms with van der Waals surface area (Å²) in [6.45, 7) is 5.43. The zero-order valence-corrected chi connectivity index (χ0v) is 13.7. The van der Waals surface area contributed by atoms with Gasteiger partial charge in [0.15, 0.2) is 0 Å². The Bertz CT molecular complexity index is 335. The van der Waals surface area contributed by atoms with Crippen molar-refractivity contribution in [3.05, 3.63) is 0 Å². The first kappa shape index (κ1) is 15.7. The Morgan fingerprint density at radius 3 is 2.62 bits per heavy atom. The molecule has 3 unspecified atom stereocenters. The van der Waals surface area contributed by atoms with Crippen molar-refractivity contribution >= 4 is 0 Å². The van der Waals surface area contributed by atoms with Crippen LogP contribution in [0.3, 0.4) is 0 Å². The highest BCUT2D eigenvalue weighted by atomic mass is 16.5. The Labute approximate surface area is 128 Å². The molecule has 21 heavy (non-hydrogen) atoms. The van der Waals surface area contributed by atoms with Crippen LogP contribution in [0.1, 0.15) is 51.9 Å². The van der Waals surface area contributed by atoms with Gasteiger partial charge in [-0.3, -0.25) is 0 Å². The Morgan fingerprint density at radius 1 is 1.19 bits per heavy atom. The molecular formula is C17H31NO3. The van der Waals surface area contributed by atoms with E-state index in [0.717, 1.165) is 39.2 Å². The van der Waals surface area contributed by atoms with Crippen molar-refractivity contribution < 1.29 is 14.2 Å². The number of hydrogen-bond donors (Lipinski definition) is 1. The van der Waals surface area contributed by atoms with Gasteiger partial charge in [0.05, 0.1) is 12.7 Å².